The third-order valence-corrected chi connectivity index (χ3v) is 5.45. The quantitative estimate of drug-likeness (QED) is 0.814. The number of aliphatic hydroxyl groups excluding tert-OH is 1. The summed E-state index contributed by atoms with van der Waals surface area (Å²) in [6, 6.07) is 0.696. The topological polar surface area (TPSA) is 33.9 Å². The molecule has 1 saturated carbocycles. The summed E-state index contributed by atoms with van der Waals surface area (Å²) >= 11 is 0. The molecule has 3 nitrogen and oxygen atoms in total. The first-order chi connectivity index (χ1) is 9.85. The predicted molar refractivity (Wildman–Crippen MR) is 86.6 cm³/mol. The molecular formula is C18H36NO2+. The molecule has 2 aliphatic rings. The minimum Gasteiger partial charge on any atom is -0.385 e. The van der Waals surface area contributed by atoms with Crippen LogP contribution in [0.25, 0.3) is 0 Å². The fourth-order valence-corrected chi connectivity index (χ4v) is 4.55. The van der Waals surface area contributed by atoms with Crippen LogP contribution >= 0.6 is 0 Å². The smallest absolute Gasteiger partial charge is 0.126 e. The van der Waals surface area contributed by atoms with Gasteiger partial charge in [0.05, 0.1) is 25.3 Å². The van der Waals surface area contributed by atoms with Gasteiger partial charge in [0, 0.05) is 0 Å². The van der Waals surface area contributed by atoms with Gasteiger partial charge in [-0.2, -0.15) is 0 Å². The molecule has 0 aromatic carbocycles. The minimum atomic E-state index is -0.305. The lowest BCUT2D eigenvalue weighted by Gasteiger charge is -2.39. The molecule has 2 N–H and O–H groups in total. The Kier molecular flexibility index (Phi) is 6.10. The molecule has 2 fully saturated rings. The van der Waals surface area contributed by atoms with Crippen LogP contribution in [0.3, 0.4) is 0 Å². The zero-order valence-corrected chi connectivity index (χ0v) is 14.5. The van der Waals surface area contributed by atoms with Crippen LogP contribution in [0.5, 0.6) is 0 Å². The maximum absolute atomic E-state index is 10.3. The van der Waals surface area contributed by atoms with Crippen LogP contribution in [0, 0.1) is 11.3 Å². The van der Waals surface area contributed by atoms with Crippen molar-refractivity contribution in [1.82, 2.24) is 0 Å². The lowest BCUT2D eigenvalue weighted by atomic mass is 9.71. The summed E-state index contributed by atoms with van der Waals surface area (Å²) in [5.74, 6) is 0.739. The summed E-state index contributed by atoms with van der Waals surface area (Å²) in [5, 5.41) is 10.3. The molecule has 0 spiro atoms. The van der Waals surface area contributed by atoms with Gasteiger partial charge in [-0.05, 0) is 56.8 Å². The Morgan fingerprint density at radius 3 is 2.67 bits per heavy atom. The summed E-state index contributed by atoms with van der Waals surface area (Å²) in [6.45, 7) is 11.9. The highest BCUT2D eigenvalue weighted by molar-refractivity contribution is 4.83. The largest absolute Gasteiger partial charge is 0.385 e. The zero-order valence-electron chi connectivity index (χ0n) is 14.5. The van der Waals surface area contributed by atoms with Crippen molar-refractivity contribution in [3.8, 4) is 0 Å². The number of piperidine rings is 1. The van der Waals surface area contributed by atoms with Gasteiger partial charge >= 0.3 is 0 Å². The summed E-state index contributed by atoms with van der Waals surface area (Å²) in [5.41, 5.74) is 0.389. The maximum atomic E-state index is 10.3. The van der Waals surface area contributed by atoms with Gasteiger partial charge in [-0.25, -0.2) is 0 Å². The second-order valence-corrected chi connectivity index (χ2v) is 8.53. The van der Waals surface area contributed by atoms with E-state index in [1.54, 1.807) is 4.90 Å². The van der Waals surface area contributed by atoms with Gasteiger partial charge in [-0.15, -0.1) is 0 Å². The van der Waals surface area contributed by atoms with E-state index in [1.807, 2.05) is 0 Å². The number of hydrogen-bond donors (Lipinski definition) is 2. The standard InChI is InChI=1S/C18H35NO2/c1-14-9-17(11-18(3,4)10-14)21-13-16(20)12-19-8-6-5-7-15(19)2/h14-17,20H,5-13H2,1-4H3/p+1/t14-,15-,16-,17-/m0/s1. The molecule has 0 amide bonds. The van der Waals surface area contributed by atoms with Crippen LogP contribution < -0.4 is 4.90 Å². The average molecular weight is 298 g/mol. The molecule has 2 rings (SSSR count). The average Bonchev–Trinajstić information content (AvgIpc) is 2.37. The van der Waals surface area contributed by atoms with E-state index in [1.165, 1.54) is 32.2 Å². The summed E-state index contributed by atoms with van der Waals surface area (Å²) in [6.07, 6.45) is 7.59. The highest BCUT2D eigenvalue weighted by atomic mass is 16.5. The number of aliphatic hydroxyl groups is 1. The van der Waals surface area contributed by atoms with Crippen molar-refractivity contribution in [2.75, 3.05) is 19.7 Å². The Hall–Kier alpha value is -0.120. The van der Waals surface area contributed by atoms with Crippen LogP contribution in [0.1, 0.15) is 66.2 Å². The van der Waals surface area contributed by atoms with Crippen molar-refractivity contribution in [3.05, 3.63) is 0 Å². The molecular weight excluding hydrogens is 262 g/mol. The van der Waals surface area contributed by atoms with Crippen molar-refractivity contribution in [1.29, 1.82) is 0 Å². The van der Waals surface area contributed by atoms with E-state index in [0.29, 0.717) is 24.2 Å². The van der Waals surface area contributed by atoms with Crippen LogP contribution in [0.4, 0.5) is 0 Å². The second-order valence-electron chi connectivity index (χ2n) is 8.53. The number of ether oxygens (including phenoxy) is 1. The lowest BCUT2D eigenvalue weighted by molar-refractivity contribution is -0.931. The van der Waals surface area contributed by atoms with E-state index in [9.17, 15) is 5.11 Å². The van der Waals surface area contributed by atoms with Gasteiger partial charge in [0.2, 0.25) is 0 Å². The first-order valence-corrected chi connectivity index (χ1v) is 9.00. The van der Waals surface area contributed by atoms with Crippen LogP contribution in [-0.2, 0) is 4.74 Å². The fourth-order valence-electron chi connectivity index (χ4n) is 4.55. The summed E-state index contributed by atoms with van der Waals surface area (Å²) in [7, 11) is 0. The number of nitrogens with one attached hydrogen (secondary N) is 1. The minimum absolute atomic E-state index is 0.305. The number of likely N-dealkylation sites (tertiary alicyclic amines) is 1. The molecule has 0 aromatic heterocycles. The first-order valence-electron chi connectivity index (χ1n) is 9.00. The molecule has 1 unspecified atom stereocenters. The highest BCUT2D eigenvalue weighted by Crippen LogP contribution is 2.39. The monoisotopic (exact) mass is 298 g/mol. The van der Waals surface area contributed by atoms with Crippen molar-refractivity contribution < 1.29 is 14.7 Å². The number of hydrogen-bond acceptors (Lipinski definition) is 2. The van der Waals surface area contributed by atoms with Crippen molar-refractivity contribution in [3.63, 3.8) is 0 Å². The van der Waals surface area contributed by atoms with Crippen LogP contribution in [-0.4, -0.2) is 43.1 Å². The van der Waals surface area contributed by atoms with Gasteiger partial charge in [0.1, 0.15) is 12.6 Å². The first kappa shape index (κ1) is 17.2. The third kappa shape index (κ3) is 5.54. The predicted octanol–water partition coefficient (Wildman–Crippen LogP) is 2.04. The molecule has 0 aromatic rings. The molecule has 21 heavy (non-hydrogen) atoms. The van der Waals surface area contributed by atoms with E-state index in [4.69, 9.17) is 4.74 Å². The van der Waals surface area contributed by atoms with E-state index in [0.717, 1.165) is 25.3 Å². The summed E-state index contributed by atoms with van der Waals surface area (Å²) in [4.78, 5) is 1.56. The molecule has 1 aliphatic heterocycles. The molecule has 1 heterocycles. The maximum Gasteiger partial charge on any atom is 0.126 e. The van der Waals surface area contributed by atoms with E-state index in [-0.39, 0.29) is 6.10 Å². The van der Waals surface area contributed by atoms with E-state index < -0.39 is 0 Å². The normalized spacial score (nSPS) is 38.1. The molecule has 3 heteroatoms. The van der Waals surface area contributed by atoms with Crippen molar-refractivity contribution >= 4 is 0 Å². The molecule has 1 aliphatic carbocycles. The third-order valence-electron chi connectivity index (χ3n) is 5.45. The second kappa shape index (κ2) is 7.43. The van der Waals surface area contributed by atoms with E-state index in [2.05, 4.69) is 27.7 Å². The molecule has 0 radical (unpaired) electrons. The Morgan fingerprint density at radius 2 is 2.00 bits per heavy atom. The van der Waals surface area contributed by atoms with Gasteiger partial charge in [0.15, 0.2) is 0 Å². The molecule has 124 valence electrons. The SMILES string of the molecule is C[C@H]1C[C@H](OC[C@@H](O)C[NH+]2CCCC[C@@H]2C)CC(C)(C)C1. The van der Waals surface area contributed by atoms with Crippen molar-refractivity contribution in [2.45, 2.75) is 84.5 Å². The van der Waals surface area contributed by atoms with Gasteiger partial charge < -0.3 is 14.7 Å². The van der Waals surface area contributed by atoms with Gasteiger partial charge in [-0.1, -0.05) is 20.8 Å². The van der Waals surface area contributed by atoms with Gasteiger partial charge in [0.25, 0.3) is 0 Å². The number of rotatable bonds is 5. The molecule has 1 saturated heterocycles. The molecule has 0 bridgehead atoms. The fraction of sp³-hybridized carbons (Fsp3) is 1.00. The van der Waals surface area contributed by atoms with Gasteiger partial charge in [-0.3, -0.25) is 0 Å². The zero-order chi connectivity index (χ0) is 15.5. The lowest BCUT2D eigenvalue weighted by Crippen LogP contribution is -3.17. The summed E-state index contributed by atoms with van der Waals surface area (Å²) < 4.78 is 6.06. The molecule has 5 atom stereocenters. The Labute approximate surface area is 131 Å². The Bertz CT molecular complexity index is 318. The van der Waals surface area contributed by atoms with Crippen molar-refractivity contribution in [2.24, 2.45) is 11.3 Å². The Balaban J connectivity index is 1.72. The van der Waals surface area contributed by atoms with E-state index >= 15 is 0 Å². The number of quaternary nitrogens is 1. The highest BCUT2D eigenvalue weighted by Gasteiger charge is 2.33. The van der Waals surface area contributed by atoms with Crippen LogP contribution in [0.15, 0.2) is 0 Å². The van der Waals surface area contributed by atoms with Crippen LogP contribution in [0.2, 0.25) is 0 Å². The Morgan fingerprint density at radius 1 is 1.24 bits per heavy atom.